The van der Waals surface area contributed by atoms with Gasteiger partial charge in [0.15, 0.2) is 0 Å². The van der Waals surface area contributed by atoms with Gasteiger partial charge in [0, 0.05) is 6.26 Å². The SMILES string of the molecule is Cc1cc(OCCCS(C)(=O)=O)c(Cl)c(C)c1-c1ccccc1. The lowest BCUT2D eigenvalue weighted by atomic mass is 9.95. The number of hydrogen-bond donors (Lipinski definition) is 0. The molecular weight excluding hydrogens is 332 g/mol. The molecule has 0 fully saturated rings. The Morgan fingerprint density at radius 3 is 2.39 bits per heavy atom. The van der Waals surface area contributed by atoms with Gasteiger partial charge in [0.1, 0.15) is 15.6 Å². The third-order valence-electron chi connectivity index (χ3n) is 3.64. The molecule has 0 aromatic heterocycles. The van der Waals surface area contributed by atoms with Crippen molar-refractivity contribution in [3.8, 4) is 16.9 Å². The fourth-order valence-electron chi connectivity index (χ4n) is 2.58. The smallest absolute Gasteiger partial charge is 0.147 e. The minimum Gasteiger partial charge on any atom is -0.492 e. The third kappa shape index (κ3) is 4.72. The monoisotopic (exact) mass is 352 g/mol. The zero-order valence-electron chi connectivity index (χ0n) is 13.6. The van der Waals surface area contributed by atoms with Crippen LogP contribution in [0.2, 0.25) is 5.02 Å². The van der Waals surface area contributed by atoms with E-state index in [1.54, 1.807) is 0 Å². The molecule has 2 aromatic carbocycles. The Morgan fingerprint density at radius 1 is 1.13 bits per heavy atom. The maximum Gasteiger partial charge on any atom is 0.147 e. The molecule has 0 N–H and O–H groups in total. The number of halogens is 1. The van der Waals surface area contributed by atoms with Crippen molar-refractivity contribution in [2.75, 3.05) is 18.6 Å². The van der Waals surface area contributed by atoms with E-state index in [-0.39, 0.29) is 5.75 Å². The minimum atomic E-state index is -2.96. The predicted molar refractivity (Wildman–Crippen MR) is 96.2 cm³/mol. The molecule has 0 aliphatic heterocycles. The second-order valence-electron chi connectivity index (χ2n) is 5.70. The summed E-state index contributed by atoms with van der Waals surface area (Å²) < 4.78 is 28.0. The second kappa shape index (κ2) is 7.37. The van der Waals surface area contributed by atoms with Crippen molar-refractivity contribution in [3.63, 3.8) is 0 Å². The molecule has 2 rings (SSSR count). The Hall–Kier alpha value is -1.52. The summed E-state index contributed by atoms with van der Waals surface area (Å²) in [5, 5.41) is 0.578. The molecule has 0 heterocycles. The number of benzene rings is 2. The van der Waals surface area contributed by atoms with Crippen molar-refractivity contribution in [1.82, 2.24) is 0 Å². The highest BCUT2D eigenvalue weighted by Crippen LogP contribution is 2.38. The second-order valence-corrected chi connectivity index (χ2v) is 8.34. The van der Waals surface area contributed by atoms with Crippen molar-refractivity contribution < 1.29 is 13.2 Å². The van der Waals surface area contributed by atoms with E-state index in [0.29, 0.717) is 23.8 Å². The van der Waals surface area contributed by atoms with Crippen LogP contribution in [0.4, 0.5) is 0 Å². The van der Waals surface area contributed by atoms with E-state index in [4.69, 9.17) is 16.3 Å². The van der Waals surface area contributed by atoms with E-state index in [1.165, 1.54) is 6.26 Å². The van der Waals surface area contributed by atoms with E-state index in [0.717, 1.165) is 22.3 Å². The summed E-state index contributed by atoms with van der Waals surface area (Å²) in [4.78, 5) is 0. The van der Waals surface area contributed by atoms with Crippen LogP contribution in [0.3, 0.4) is 0 Å². The van der Waals surface area contributed by atoms with Crippen LogP contribution in [-0.2, 0) is 9.84 Å². The molecule has 2 aromatic rings. The van der Waals surface area contributed by atoms with Crippen LogP contribution < -0.4 is 4.74 Å². The molecule has 124 valence electrons. The molecule has 5 heteroatoms. The molecule has 0 saturated heterocycles. The highest BCUT2D eigenvalue weighted by atomic mass is 35.5. The first-order valence-electron chi connectivity index (χ1n) is 7.45. The molecule has 0 radical (unpaired) electrons. The van der Waals surface area contributed by atoms with Gasteiger partial charge in [-0.1, -0.05) is 41.9 Å². The van der Waals surface area contributed by atoms with Gasteiger partial charge in [-0.15, -0.1) is 0 Å². The van der Waals surface area contributed by atoms with Gasteiger partial charge in [-0.2, -0.15) is 0 Å². The van der Waals surface area contributed by atoms with Gasteiger partial charge in [0.2, 0.25) is 0 Å². The van der Waals surface area contributed by atoms with Gasteiger partial charge >= 0.3 is 0 Å². The minimum absolute atomic E-state index is 0.116. The van der Waals surface area contributed by atoms with Gasteiger partial charge < -0.3 is 4.74 Å². The average Bonchev–Trinajstić information content (AvgIpc) is 2.48. The molecule has 0 bridgehead atoms. The average molecular weight is 353 g/mol. The first kappa shape index (κ1) is 17.8. The lowest BCUT2D eigenvalue weighted by molar-refractivity contribution is 0.317. The van der Waals surface area contributed by atoms with Crippen LogP contribution in [0, 0.1) is 13.8 Å². The van der Waals surface area contributed by atoms with Crippen molar-refractivity contribution in [2.45, 2.75) is 20.3 Å². The molecule has 0 unspecified atom stereocenters. The molecular formula is C18H21ClO3S. The van der Waals surface area contributed by atoms with E-state index in [1.807, 2.05) is 38.1 Å². The normalized spacial score (nSPS) is 11.5. The Bertz CT molecular complexity index is 784. The van der Waals surface area contributed by atoms with Gasteiger partial charge in [0.25, 0.3) is 0 Å². The first-order chi connectivity index (χ1) is 10.8. The molecule has 0 aliphatic carbocycles. The highest BCUT2D eigenvalue weighted by Gasteiger charge is 2.14. The molecule has 23 heavy (non-hydrogen) atoms. The summed E-state index contributed by atoms with van der Waals surface area (Å²) in [6.45, 7) is 4.33. The quantitative estimate of drug-likeness (QED) is 0.722. The lowest BCUT2D eigenvalue weighted by Gasteiger charge is -2.16. The maximum absolute atomic E-state index is 11.1. The summed E-state index contributed by atoms with van der Waals surface area (Å²) in [6, 6.07) is 12.0. The molecule has 0 saturated carbocycles. The summed E-state index contributed by atoms with van der Waals surface area (Å²) in [5.41, 5.74) is 4.28. The van der Waals surface area contributed by atoms with Gasteiger partial charge in [0.05, 0.1) is 17.4 Å². The number of hydrogen-bond acceptors (Lipinski definition) is 3. The summed E-state index contributed by atoms with van der Waals surface area (Å²) >= 11 is 6.45. The Kier molecular flexibility index (Phi) is 5.71. The maximum atomic E-state index is 11.1. The van der Waals surface area contributed by atoms with Gasteiger partial charge in [-0.05, 0) is 48.6 Å². The Balaban J connectivity index is 2.21. The first-order valence-corrected chi connectivity index (χ1v) is 9.89. The third-order valence-corrected chi connectivity index (χ3v) is 5.14. The Labute approximate surface area is 143 Å². The fourth-order valence-corrected chi connectivity index (χ4v) is 3.43. The highest BCUT2D eigenvalue weighted by molar-refractivity contribution is 7.90. The zero-order chi connectivity index (χ0) is 17.0. The number of aryl methyl sites for hydroxylation is 1. The summed E-state index contributed by atoms with van der Waals surface area (Å²) in [5.74, 6) is 0.722. The number of ether oxygens (including phenoxy) is 1. The van der Waals surface area contributed by atoms with Crippen molar-refractivity contribution in [3.05, 3.63) is 52.5 Å². The zero-order valence-corrected chi connectivity index (χ0v) is 15.2. The molecule has 0 amide bonds. The molecule has 0 aliphatic rings. The predicted octanol–water partition coefficient (Wildman–Crippen LogP) is 4.44. The lowest BCUT2D eigenvalue weighted by Crippen LogP contribution is -2.08. The molecule has 0 spiro atoms. The Morgan fingerprint density at radius 2 is 1.78 bits per heavy atom. The standard InChI is InChI=1S/C18H21ClO3S/c1-13-12-16(22-10-7-11-23(3,20)21)18(19)14(2)17(13)15-8-5-4-6-9-15/h4-6,8-9,12H,7,10-11H2,1-3H3. The van der Waals surface area contributed by atoms with Crippen LogP contribution in [0.25, 0.3) is 11.1 Å². The molecule has 3 nitrogen and oxygen atoms in total. The summed E-state index contributed by atoms with van der Waals surface area (Å²) in [6.07, 6.45) is 1.68. The van der Waals surface area contributed by atoms with Crippen LogP contribution in [0.15, 0.2) is 36.4 Å². The number of sulfone groups is 1. The van der Waals surface area contributed by atoms with Crippen molar-refractivity contribution in [2.24, 2.45) is 0 Å². The van der Waals surface area contributed by atoms with E-state index in [2.05, 4.69) is 12.1 Å². The van der Waals surface area contributed by atoms with Gasteiger partial charge in [-0.25, -0.2) is 8.42 Å². The van der Waals surface area contributed by atoms with Crippen LogP contribution in [-0.4, -0.2) is 27.0 Å². The fraction of sp³-hybridized carbons (Fsp3) is 0.333. The van der Waals surface area contributed by atoms with Crippen molar-refractivity contribution >= 4 is 21.4 Å². The van der Waals surface area contributed by atoms with Crippen LogP contribution in [0.5, 0.6) is 5.75 Å². The van der Waals surface area contributed by atoms with E-state index >= 15 is 0 Å². The van der Waals surface area contributed by atoms with Gasteiger partial charge in [-0.3, -0.25) is 0 Å². The molecule has 0 atom stereocenters. The van der Waals surface area contributed by atoms with E-state index in [9.17, 15) is 8.42 Å². The van der Waals surface area contributed by atoms with Crippen LogP contribution in [0.1, 0.15) is 17.5 Å². The van der Waals surface area contributed by atoms with E-state index < -0.39 is 9.84 Å². The largest absolute Gasteiger partial charge is 0.492 e. The number of rotatable bonds is 6. The topological polar surface area (TPSA) is 43.4 Å². The van der Waals surface area contributed by atoms with Crippen LogP contribution >= 0.6 is 11.6 Å². The summed E-state index contributed by atoms with van der Waals surface area (Å²) in [7, 11) is -2.96. The van der Waals surface area contributed by atoms with Crippen molar-refractivity contribution in [1.29, 1.82) is 0 Å².